The van der Waals surface area contributed by atoms with E-state index in [-0.39, 0.29) is 5.91 Å². The summed E-state index contributed by atoms with van der Waals surface area (Å²) < 4.78 is 7.98. The zero-order valence-corrected chi connectivity index (χ0v) is 19.3. The monoisotopic (exact) mass is 457 g/mol. The van der Waals surface area contributed by atoms with Crippen LogP contribution in [0.1, 0.15) is 18.9 Å². The van der Waals surface area contributed by atoms with E-state index in [1.165, 1.54) is 5.56 Å². The fourth-order valence-electron chi connectivity index (χ4n) is 3.76. The Morgan fingerprint density at radius 2 is 1.97 bits per heavy atom. The molecule has 0 atom stereocenters. The molecule has 2 aromatic heterocycles. The van der Waals surface area contributed by atoms with Crippen molar-refractivity contribution in [2.45, 2.75) is 26.4 Å². The van der Waals surface area contributed by atoms with Crippen molar-refractivity contribution in [3.8, 4) is 16.5 Å². The lowest BCUT2D eigenvalue weighted by Crippen LogP contribution is -2.48. The van der Waals surface area contributed by atoms with Crippen LogP contribution < -0.4 is 4.74 Å². The molecule has 3 aromatic rings. The summed E-state index contributed by atoms with van der Waals surface area (Å²) in [6.07, 6.45) is 0.422. The molecule has 0 radical (unpaired) electrons. The lowest BCUT2D eigenvalue weighted by molar-refractivity contribution is -0.133. The Balaban J connectivity index is 1.26. The van der Waals surface area contributed by atoms with Crippen LogP contribution in [0.25, 0.3) is 10.7 Å². The molecule has 1 N–H and O–H groups in total. The van der Waals surface area contributed by atoms with Crippen molar-refractivity contribution in [2.75, 3.05) is 32.8 Å². The van der Waals surface area contributed by atoms with E-state index in [1.54, 1.807) is 11.3 Å². The summed E-state index contributed by atoms with van der Waals surface area (Å²) in [5.41, 5.74) is 1.26. The van der Waals surface area contributed by atoms with Crippen LogP contribution in [0, 0.1) is 4.77 Å². The second-order valence-corrected chi connectivity index (χ2v) is 8.80. The minimum atomic E-state index is 0.168. The van der Waals surface area contributed by atoms with Crippen LogP contribution in [0.2, 0.25) is 0 Å². The maximum Gasteiger partial charge on any atom is 0.224 e. The van der Waals surface area contributed by atoms with Gasteiger partial charge in [-0.1, -0.05) is 18.2 Å². The summed E-state index contributed by atoms with van der Waals surface area (Å²) in [5, 5.41) is 9.19. The fraction of sp³-hybridized carbons (Fsp3) is 0.409. The van der Waals surface area contributed by atoms with Crippen LogP contribution >= 0.6 is 23.6 Å². The van der Waals surface area contributed by atoms with Crippen LogP contribution in [-0.2, 0) is 17.9 Å². The lowest BCUT2D eigenvalue weighted by Gasteiger charge is -2.35. The largest absolute Gasteiger partial charge is 0.494 e. The summed E-state index contributed by atoms with van der Waals surface area (Å²) >= 11 is 6.98. The van der Waals surface area contributed by atoms with Gasteiger partial charge in [0.2, 0.25) is 5.91 Å². The number of aromatic nitrogens is 3. The van der Waals surface area contributed by atoms with Crippen LogP contribution in [-0.4, -0.2) is 63.3 Å². The number of benzene rings is 1. The Kier molecular flexibility index (Phi) is 7.16. The van der Waals surface area contributed by atoms with Gasteiger partial charge in [-0.3, -0.25) is 19.4 Å². The van der Waals surface area contributed by atoms with Gasteiger partial charge in [-0.05, 0) is 48.3 Å². The van der Waals surface area contributed by atoms with E-state index in [1.807, 2.05) is 46.0 Å². The molecule has 1 saturated heterocycles. The highest BCUT2D eigenvalue weighted by Gasteiger charge is 2.21. The third-order valence-electron chi connectivity index (χ3n) is 5.41. The quantitative estimate of drug-likeness (QED) is 0.521. The molecule has 1 amide bonds. The highest BCUT2D eigenvalue weighted by atomic mass is 32.1. The zero-order valence-electron chi connectivity index (χ0n) is 17.6. The number of nitrogens with one attached hydrogen (secondary N) is 1. The van der Waals surface area contributed by atoms with Crippen LogP contribution in [0.4, 0.5) is 0 Å². The van der Waals surface area contributed by atoms with Crippen molar-refractivity contribution >= 4 is 29.5 Å². The Morgan fingerprint density at radius 3 is 2.65 bits per heavy atom. The molecule has 1 aromatic carbocycles. The number of thiophene rings is 1. The first-order valence-corrected chi connectivity index (χ1v) is 11.8. The van der Waals surface area contributed by atoms with E-state index < -0.39 is 0 Å². The number of piperazine rings is 1. The zero-order chi connectivity index (χ0) is 21.6. The summed E-state index contributed by atoms with van der Waals surface area (Å²) in [6.45, 7) is 7.36. The predicted molar refractivity (Wildman–Crippen MR) is 125 cm³/mol. The predicted octanol–water partition coefficient (Wildman–Crippen LogP) is 3.80. The topological polar surface area (TPSA) is 66.4 Å². The van der Waals surface area contributed by atoms with Gasteiger partial charge in [0.25, 0.3) is 0 Å². The van der Waals surface area contributed by atoms with Gasteiger partial charge in [-0.25, -0.2) is 0 Å². The number of rotatable bonds is 8. The van der Waals surface area contributed by atoms with Gasteiger partial charge in [0, 0.05) is 45.7 Å². The number of ether oxygens (including phenoxy) is 1. The minimum Gasteiger partial charge on any atom is -0.494 e. The number of carbonyl (C=O) groups is 1. The number of carbonyl (C=O) groups excluding carboxylic acids is 1. The molecule has 9 heteroatoms. The van der Waals surface area contributed by atoms with Gasteiger partial charge in [-0.15, -0.1) is 11.3 Å². The number of hydrogen-bond donors (Lipinski definition) is 1. The fourth-order valence-corrected chi connectivity index (χ4v) is 4.70. The van der Waals surface area contributed by atoms with E-state index in [0.717, 1.165) is 49.2 Å². The number of nitrogens with zero attached hydrogens (tertiary/aromatic N) is 4. The van der Waals surface area contributed by atoms with E-state index >= 15 is 0 Å². The van der Waals surface area contributed by atoms with Crippen molar-refractivity contribution in [1.82, 2.24) is 24.6 Å². The molecule has 7 nitrogen and oxygen atoms in total. The third kappa shape index (κ3) is 5.41. The average Bonchev–Trinajstić information content (AvgIpc) is 3.44. The van der Waals surface area contributed by atoms with Gasteiger partial charge in [0.1, 0.15) is 5.75 Å². The van der Waals surface area contributed by atoms with Gasteiger partial charge in [0.15, 0.2) is 10.6 Å². The molecule has 1 aliphatic rings. The molecule has 0 saturated carbocycles. The minimum absolute atomic E-state index is 0.168. The molecule has 4 rings (SSSR count). The first-order valence-electron chi connectivity index (χ1n) is 10.5. The molecule has 3 heterocycles. The number of H-pyrrole nitrogens is 1. The molecule has 0 spiro atoms. The molecule has 1 fully saturated rings. The van der Waals surface area contributed by atoms with E-state index in [2.05, 4.69) is 27.2 Å². The number of amides is 1. The van der Waals surface area contributed by atoms with Crippen molar-refractivity contribution in [3.05, 3.63) is 52.1 Å². The van der Waals surface area contributed by atoms with Gasteiger partial charge in [0.05, 0.1) is 11.5 Å². The number of hydrogen-bond acceptors (Lipinski definition) is 6. The molecule has 0 aliphatic carbocycles. The molecule has 0 bridgehead atoms. The molecular formula is C22H27N5O2S2. The van der Waals surface area contributed by atoms with Crippen molar-refractivity contribution in [3.63, 3.8) is 0 Å². The first kappa shape index (κ1) is 21.7. The summed E-state index contributed by atoms with van der Waals surface area (Å²) in [4.78, 5) is 18.2. The molecule has 0 unspecified atom stereocenters. The SMILES string of the molecule is CCOc1ccc(CN2CCN(C(=O)CCn3c(-c4cccs4)n[nH]c3=S)CC2)cc1. The van der Waals surface area contributed by atoms with Crippen molar-refractivity contribution in [1.29, 1.82) is 0 Å². The van der Waals surface area contributed by atoms with E-state index in [9.17, 15) is 4.79 Å². The van der Waals surface area contributed by atoms with Crippen molar-refractivity contribution in [2.24, 2.45) is 0 Å². The Morgan fingerprint density at radius 1 is 1.19 bits per heavy atom. The number of aromatic amines is 1. The van der Waals surface area contributed by atoms with Crippen LogP contribution in [0.5, 0.6) is 5.75 Å². The second-order valence-electron chi connectivity index (χ2n) is 7.47. The molecule has 1 aliphatic heterocycles. The van der Waals surface area contributed by atoms with E-state index in [4.69, 9.17) is 17.0 Å². The smallest absolute Gasteiger partial charge is 0.224 e. The summed E-state index contributed by atoms with van der Waals surface area (Å²) in [7, 11) is 0. The Hall–Kier alpha value is -2.49. The highest BCUT2D eigenvalue weighted by Crippen LogP contribution is 2.23. The Bertz CT molecular complexity index is 1030. The summed E-state index contributed by atoms with van der Waals surface area (Å²) in [5.74, 6) is 1.87. The van der Waals surface area contributed by atoms with Crippen molar-refractivity contribution < 1.29 is 9.53 Å². The maximum absolute atomic E-state index is 12.8. The van der Waals surface area contributed by atoms with Gasteiger partial charge >= 0.3 is 0 Å². The maximum atomic E-state index is 12.8. The highest BCUT2D eigenvalue weighted by molar-refractivity contribution is 7.71. The standard InChI is InChI=1S/C22H27N5O2S2/c1-2-29-18-7-5-17(6-8-18)16-25-11-13-26(14-12-25)20(28)9-10-27-21(23-24-22(27)30)19-4-3-15-31-19/h3-8,15H,2,9-14,16H2,1H3,(H,24,30). The van der Waals surface area contributed by atoms with Gasteiger partial charge in [-0.2, -0.15) is 5.10 Å². The molecule has 164 valence electrons. The average molecular weight is 458 g/mol. The molecular weight excluding hydrogens is 430 g/mol. The second kappa shape index (κ2) is 10.2. The first-order chi connectivity index (χ1) is 15.1. The van der Waals surface area contributed by atoms with Gasteiger partial charge < -0.3 is 9.64 Å². The van der Waals surface area contributed by atoms with Crippen LogP contribution in [0.3, 0.4) is 0 Å². The molecule has 31 heavy (non-hydrogen) atoms. The normalized spacial score (nSPS) is 14.7. The Labute approximate surface area is 191 Å². The third-order valence-corrected chi connectivity index (χ3v) is 6.59. The summed E-state index contributed by atoms with van der Waals surface area (Å²) in [6, 6.07) is 12.3. The van der Waals surface area contributed by atoms with E-state index in [0.29, 0.717) is 24.3 Å². The van der Waals surface area contributed by atoms with Crippen LogP contribution in [0.15, 0.2) is 41.8 Å². The lowest BCUT2D eigenvalue weighted by atomic mass is 10.2.